The van der Waals surface area contributed by atoms with Crippen LogP contribution >= 0.6 is 11.6 Å². The Kier molecular flexibility index (Phi) is 5.19. The molecule has 0 saturated heterocycles. The van der Waals surface area contributed by atoms with Crippen molar-refractivity contribution in [2.75, 3.05) is 5.88 Å². The number of amides is 1. The van der Waals surface area contributed by atoms with Gasteiger partial charge in [0.1, 0.15) is 5.88 Å². The highest BCUT2D eigenvalue weighted by Gasteiger charge is 2.05. The molecule has 2 nitrogen and oxygen atoms in total. The Bertz CT molecular complexity index is 300. The molecule has 1 aromatic rings. The van der Waals surface area contributed by atoms with Gasteiger partial charge >= 0.3 is 0 Å². The molecule has 1 rings (SSSR count). The molecule has 0 radical (unpaired) electrons. The van der Waals surface area contributed by atoms with E-state index in [0.29, 0.717) is 0 Å². The summed E-state index contributed by atoms with van der Waals surface area (Å²) in [5, 5.41) is 2.83. The van der Waals surface area contributed by atoms with Crippen LogP contribution in [0.5, 0.6) is 0 Å². The highest BCUT2D eigenvalue weighted by molar-refractivity contribution is 6.27. The fourth-order valence-corrected chi connectivity index (χ4v) is 1.49. The predicted octanol–water partition coefficient (Wildman–Crippen LogP) is 2.36. The van der Waals surface area contributed by atoms with E-state index in [9.17, 15) is 4.79 Å². The monoisotopic (exact) mass is 225 g/mol. The van der Waals surface area contributed by atoms with E-state index in [1.165, 1.54) is 5.56 Å². The maximum absolute atomic E-state index is 11.0. The lowest BCUT2D eigenvalue weighted by Crippen LogP contribution is -2.33. The third-order valence-electron chi connectivity index (χ3n) is 2.24. The molecule has 0 spiro atoms. The second-order valence-electron chi connectivity index (χ2n) is 3.63. The Morgan fingerprint density at radius 3 is 2.67 bits per heavy atom. The van der Waals surface area contributed by atoms with Gasteiger partial charge in [0, 0.05) is 6.04 Å². The van der Waals surface area contributed by atoms with Crippen molar-refractivity contribution in [2.24, 2.45) is 0 Å². The average molecular weight is 226 g/mol. The van der Waals surface area contributed by atoms with E-state index in [0.717, 1.165) is 12.8 Å². The van der Waals surface area contributed by atoms with Crippen molar-refractivity contribution in [1.29, 1.82) is 0 Å². The van der Waals surface area contributed by atoms with Crippen molar-refractivity contribution >= 4 is 17.5 Å². The van der Waals surface area contributed by atoms with Gasteiger partial charge in [0.15, 0.2) is 0 Å². The number of carbonyl (C=O) groups excluding carboxylic acids is 1. The molecule has 0 heterocycles. The third kappa shape index (κ3) is 4.84. The van der Waals surface area contributed by atoms with Crippen LogP contribution in [0.15, 0.2) is 30.3 Å². The van der Waals surface area contributed by atoms with E-state index < -0.39 is 0 Å². The van der Waals surface area contributed by atoms with Crippen molar-refractivity contribution < 1.29 is 4.79 Å². The Balaban J connectivity index is 2.28. The summed E-state index contributed by atoms with van der Waals surface area (Å²) >= 11 is 5.40. The standard InChI is InChI=1S/C12H16ClNO/c1-10(14-12(15)9-13)7-8-11-5-3-2-4-6-11/h2-6,10H,7-9H2,1H3,(H,14,15)/t10-/m1/s1. The molecule has 82 valence electrons. The van der Waals surface area contributed by atoms with Crippen LogP contribution < -0.4 is 5.32 Å². The van der Waals surface area contributed by atoms with E-state index >= 15 is 0 Å². The van der Waals surface area contributed by atoms with E-state index in [4.69, 9.17) is 11.6 Å². The van der Waals surface area contributed by atoms with Gasteiger partial charge in [-0.1, -0.05) is 30.3 Å². The first-order valence-corrected chi connectivity index (χ1v) is 5.65. The summed E-state index contributed by atoms with van der Waals surface area (Å²) in [6, 6.07) is 10.4. The number of carbonyl (C=O) groups is 1. The van der Waals surface area contributed by atoms with Crippen molar-refractivity contribution in [1.82, 2.24) is 5.32 Å². The zero-order valence-electron chi connectivity index (χ0n) is 8.87. The van der Waals surface area contributed by atoms with Crippen LogP contribution in [0.1, 0.15) is 18.9 Å². The normalized spacial score (nSPS) is 12.1. The lowest BCUT2D eigenvalue weighted by atomic mass is 10.1. The smallest absolute Gasteiger partial charge is 0.235 e. The van der Waals surface area contributed by atoms with Crippen molar-refractivity contribution in [3.63, 3.8) is 0 Å². The van der Waals surface area contributed by atoms with Gasteiger partial charge in [0.25, 0.3) is 0 Å². The lowest BCUT2D eigenvalue weighted by molar-refractivity contribution is -0.119. The van der Waals surface area contributed by atoms with Gasteiger partial charge < -0.3 is 5.32 Å². The topological polar surface area (TPSA) is 29.1 Å². The SMILES string of the molecule is C[C@H](CCc1ccccc1)NC(=O)CCl. The zero-order chi connectivity index (χ0) is 11.1. The van der Waals surface area contributed by atoms with Crippen LogP contribution in [0, 0.1) is 0 Å². The number of nitrogens with one attached hydrogen (secondary N) is 1. The summed E-state index contributed by atoms with van der Waals surface area (Å²) in [7, 11) is 0. The fraction of sp³-hybridized carbons (Fsp3) is 0.417. The molecule has 1 aromatic carbocycles. The number of alkyl halides is 1. The zero-order valence-corrected chi connectivity index (χ0v) is 9.63. The van der Waals surface area contributed by atoms with Crippen LogP contribution in [-0.4, -0.2) is 17.8 Å². The van der Waals surface area contributed by atoms with Crippen LogP contribution in [0.3, 0.4) is 0 Å². The van der Waals surface area contributed by atoms with E-state index in [1.807, 2.05) is 25.1 Å². The van der Waals surface area contributed by atoms with Gasteiger partial charge in [-0.2, -0.15) is 0 Å². The minimum atomic E-state index is -0.0998. The number of benzene rings is 1. The van der Waals surface area contributed by atoms with Crippen LogP contribution in [0.4, 0.5) is 0 Å². The summed E-state index contributed by atoms with van der Waals surface area (Å²) < 4.78 is 0. The molecule has 1 atom stereocenters. The minimum Gasteiger partial charge on any atom is -0.353 e. The first-order chi connectivity index (χ1) is 7.22. The predicted molar refractivity (Wildman–Crippen MR) is 63.1 cm³/mol. The summed E-state index contributed by atoms with van der Waals surface area (Å²) in [4.78, 5) is 11.0. The molecule has 0 aliphatic heterocycles. The van der Waals surface area contributed by atoms with Gasteiger partial charge in [-0.05, 0) is 25.3 Å². The number of rotatable bonds is 5. The largest absolute Gasteiger partial charge is 0.353 e. The van der Waals surface area contributed by atoms with E-state index in [-0.39, 0.29) is 17.8 Å². The maximum Gasteiger partial charge on any atom is 0.235 e. The molecular formula is C12H16ClNO. The second-order valence-corrected chi connectivity index (χ2v) is 3.89. The molecule has 3 heteroatoms. The molecule has 0 bridgehead atoms. The summed E-state index contributed by atoms with van der Waals surface area (Å²) in [5.41, 5.74) is 1.30. The van der Waals surface area contributed by atoms with Crippen molar-refractivity contribution in [3.05, 3.63) is 35.9 Å². The van der Waals surface area contributed by atoms with Gasteiger partial charge in [-0.3, -0.25) is 4.79 Å². The minimum absolute atomic E-state index is 0.0374. The molecule has 1 amide bonds. The van der Waals surface area contributed by atoms with E-state index in [1.54, 1.807) is 0 Å². The van der Waals surface area contributed by atoms with Gasteiger partial charge in [-0.15, -0.1) is 11.6 Å². The Morgan fingerprint density at radius 1 is 1.40 bits per heavy atom. The molecule has 0 saturated carbocycles. The Labute approximate surface area is 95.6 Å². The van der Waals surface area contributed by atoms with Crippen LogP contribution in [0.2, 0.25) is 0 Å². The molecule has 0 aromatic heterocycles. The van der Waals surface area contributed by atoms with Crippen molar-refractivity contribution in [2.45, 2.75) is 25.8 Å². The van der Waals surface area contributed by atoms with Gasteiger partial charge in [0.2, 0.25) is 5.91 Å². The summed E-state index contributed by atoms with van der Waals surface area (Å²) in [5.74, 6) is -0.0624. The third-order valence-corrected chi connectivity index (χ3v) is 2.48. The van der Waals surface area contributed by atoms with Gasteiger partial charge in [0.05, 0.1) is 0 Å². The maximum atomic E-state index is 11.0. The fourth-order valence-electron chi connectivity index (χ4n) is 1.41. The Hall–Kier alpha value is -1.02. The molecule has 0 aliphatic rings. The lowest BCUT2D eigenvalue weighted by Gasteiger charge is -2.12. The van der Waals surface area contributed by atoms with Crippen molar-refractivity contribution in [3.8, 4) is 0 Å². The average Bonchev–Trinajstić information content (AvgIpc) is 2.27. The highest BCUT2D eigenvalue weighted by atomic mass is 35.5. The number of hydrogen-bond donors (Lipinski definition) is 1. The van der Waals surface area contributed by atoms with E-state index in [2.05, 4.69) is 17.4 Å². The highest BCUT2D eigenvalue weighted by Crippen LogP contribution is 2.04. The summed E-state index contributed by atoms with van der Waals surface area (Å²) in [6.07, 6.45) is 1.91. The van der Waals surface area contributed by atoms with Crippen LogP contribution in [-0.2, 0) is 11.2 Å². The molecule has 0 fully saturated rings. The first kappa shape index (κ1) is 12.1. The molecule has 15 heavy (non-hydrogen) atoms. The van der Waals surface area contributed by atoms with Crippen LogP contribution in [0.25, 0.3) is 0 Å². The molecule has 0 unspecified atom stereocenters. The summed E-state index contributed by atoms with van der Waals surface area (Å²) in [6.45, 7) is 1.99. The van der Waals surface area contributed by atoms with Gasteiger partial charge in [-0.25, -0.2) is 0 Å². The number of hydrogen-bond acceptors (Lipinski definition) is 1. The number of aryl methyl sites for hydroxylation is 1. The Morgan fingerprint density at radius 2 is 2.07 bits per heavy atom. The molecule has 1 N–H and O–H groups in total. The number of halogens is 1. The first-order valence-electron chi connectivity index (χ1n) is 5.11. The molecular weight excluding hydrogens is 210 g/mol. The quantitative estimate of drug-likeness (QED) is 0.766. The molecule has 0 aliphatic carbocycles. The second kappa shape index (κ2) is 6.46.